The van der Waals surface area contributed by atoms with Gasteiger partial charge in [-0.3, -0.25) is 14.3 Å². The Labute approximate surface area is 170 Å². The van der Waals surface area contributed by atoms with Crippen LogP contribution in [0.2, 0.25) is 0 Å². The number of rotatable bonds is 8. The molecule has 0 radical (unpaired) electrons. The third-order valence-corrected chi connectivity index (χ3v) is 4.27. The first-order chi connectivity index (χ1) is 14.3. The Kier molecular flexibility index (Phi) is 6.43. The van der Waals surface area contributed by atoms with Gasteiger partial charge in [-0.25, -0.2) is 14.6 Å². The van der Waals surface area contributed by atoms with E-state index in [1.54, 1.807) is 12.1 Å². The molecule has 10 nitrogen and oxygen atoms in total. The Morgan fingerprint density at radius 3 is 2.70 bits per heavy atom. The topological polar surface area (TPSA) is 127 Å². The van der Waals surface area contributed by atoms with Crippen LogP contribution in [0.4, 0.5) is 10.3 Å². The fourth-order valence-electron chi connectivity index (χ4n) is 2.78. The average Bonchev–Trinajstić information content (AvgIpc) is 3.05. The molecule has 0 aliphatic rings. The number of hydrazone groups is 1. The number of aromatic nitrogens is 4. The molecule has 0 unspecified atom stereocenters. The number of halogens is 1. The van der Waals surface area contributed by atoms with E-state index in [0.29, 0.717) is 5.56 Å². The van der Waals surface area contributed by atoms with Gasteiger partial charge in [0.25, 0.3) is 5.56 Å². The first kappa shape index (κ1) is 21.4. The molecule has 0 amide bonds. The minimum absolute atomic E-state index is 0.0150. The predicted octanol–water partition coefficient (Wildman–Crippen LogP) is 0.794. The minimum atomic E-state index is -0.928. The van der Waals surface area contributed by atoms with Gasteiger partial charge >= 0.3 is 5.69 Å². The quantitative estimate of drug-likeness (QED) is 0.367. The van der Waals surface area contributed by atoms with E-state index in [1.807, 2.05) is 13.8 Å². The molecule has 11 heteroatoms. The van der Waals surface area contributed by atoms with Gasteiger partial charge in [-0.15, -0.1) is 0 Å². The summed E-state index contributed by atoms with van der Waals surface area (Å²) >= 11 is 0. The van der Waals surface area contributed by atoms with Crippen LogP contribution in [0.1, 0.15) is 19.4 Å². The van der Waals surface area contributed by atoms with Gasteiger partial charge in [0, 0.05) is 7.05 Å². The Hall–Kier alpha value is -3.31. The standard InChI is InChI=1S/C19H23FN6O4/c1-11(2)30-10-14(27)9-26-15-16(25(3)19(29)23-17(15)28)22-18(26)24-21-8-12-4-6-13(20)7-5-12/h4-8,11,14,27H,9-10H2,1-3H3,(H,22,24)(H,23,28,29)/b21-8+/t14-/m0/s1. The number of imidazole rings is 1. The Bertz CT molecular complexity index is 1160. The first-order valence-electron chi connectivity index (χ1n) is 9.30. The van der Waals surface area contributed by atoms with Crippen LogP contribution >= 0.6 is 0 Å². The third-order valence-electron chi connectivity index (χ3n) is 4.27. The number of fused-ring (bicyclic) bond motifs is 1. The van der Waals surface area contributed by atoms with E-state index in [-0.39, 0.29) is 42.2 Å². The highest BCUT2D eigenvalue weighted by molar-refractivity contribution is 5.80. The molecule has 0 aliphatic heterocycles. The molecule has 0 spiro atoms. The minimum Gasteiger partial charge on any atom is -0.389 e. The van der Waals surface area contributed by atoms with E-state index in [2.05, 4.69) is 20.5 Å². The number of H-pyrrole nitrogens is 1. The van der Waals surface area contributed by atoms with Gasteiger partial charge in [-0.05, 0) is 31.5 Å². The lowest BCUT2D eigenvalue weighted by atomic mass is 10.2. The molecule has 30 heavy (non-hydrogen) atoms. The molecule has 0 saturated carbocycles. The maximum atomic E-state index is 13.0. The molecule has 160 valence electrons. The van der Waals surface area contributed by atoms with Crippen LogP contribution in [0.3, 0.4) is 0 Å². The fraction of sp³-hybridized carbons (Fsp3) is 0.368. The summed E-state index contributed by atoms with van der Waals surface area (Å²) in [5, 5.41) is 14.4. The largest absolute Gasteiger partial charge is 0.389 e. The number of aliphatic hydroxyl groups excluding tert-OH is 1. The molecule has 3 aromatic rings. The molecule has 2 heterocycles. The van der Waals surface area contributed by atoms with Crippen LogP contribution < -0.4 is 16.7 Å². The SMILES string of the molecule is CC(C)OC[C@@H](O)Cn1c(N/N=C/c2ccc(F)cc2)nc2c1c(=O)[nH]c(=O)n2C. The summed E-state index contributed by atoms with van der Waals surface area (Å²) in [5.41, 5.74) is 2.37. The van der Waals surface area contributed by atoms with Crippen molar-refractivity contribution in [3.63, 3.8) is 0 Å². The Balaban J connectivity index is 1.96. The van der Waals surface area contributed by atoms with Crippen LogP contribution in [0.5, 0.6) is 0 Å². The van der Waals surface area contributed by atoms with Crippen molar-refractivity contribution >= 4 is 23.3 Å². The van der Waals surface area contributed by atoms with E-state index in [9.17, 15) is 19.1 Å². The van der Waals surface area contributed by atoms with Crippen molar-refractivity contribution in [2.75, 3.05) is 12.0 Å². The number of aliphatic hydroxyl groups is 1. The van der Waals surface area contributed by atoms with Crippen LogP contribution in [-0.4, -0.2) is 49.2 Å². The molecule has 0 saturated heterocycles. The highest BCUT2D eigenvalue weighted by Crippen LogP contribution is 2.16. The summed E-state index contributed by atoms with van der Waals surface area (Å²) in [6, 6.07) is 5.70. The smallest absolute Gasteiger partial charge is 0.329 e. The highest BCUT2D eigenvalue weighted by atomic mass is 19.1. The van der Waals surface area contributed by atoms with Gasteiger partial charge in [-0.2, -0.15) is 10.1 Å². The van der Waals surface area contributed by atoms with E-state index in [1.165, 1.54) is 34.5 Å². The van der Waals surface area contributed by atoms with Gasteiger partial charge in [-0.1, -0.05) is 12.1 Å². The van der Waals surface area contributed by atoms with Crippen LogP contribution in [0.25, 0.3) is 11.2 Å². The van der Waals surface area contributed by atoms with Crippen molar-refractivity contribution in [3.05, 3.63) is 56.5 Å². The number of benzene rings is 1. The van der Waals surface area contributed by atoms with E-state index < -0.39 is 17.4 Å². The first-order valence-corrected chi connectivity index (χ1v) is 9.30. The molecular weight excluding hydrogens is 395 g/mol. The van der Waals surface area contributed by atoms with Crippen molar-refractivity contribution in [3.8, 4) is 0 Å². The number of anilines is 1. The second-order valence-corrected chi connectivity index (χ2v) is 6.99. The molecule has 3 N–H and O–H groups in total. The number of nitrogens with zero attached hydrogens (tertiary/aromatic N) is 4. The zero-order valence-corrected chi connectivity index (χ0v) is 16.8. The van der Waals surface area contributed by atoms with Crippen molar-refractivity contribution in [2.24, 2.45) is 12.1 Å². The molecular formula is C19H23FN6O4. The second kappa shape index (κ2) is 9.01. The number of hydrogen-bond acceptors (Lipinski definition) is 7. The number of aryl methyl sites for hydroxylation is 1. The maximum absolute atomic E-state index is 13.0. The van der Waals surface area contributed by atoms with Crippen LogP contribution in [0.15, 0.2) is 39.0 Å². The predicted molar refractivity (Wildman–Crippen MR) is 110 cm³/mol. The van der Waals surface area contributed by atoms with E-state index in [4.69, 9.17) is 4.74 Å². The average molecular weight is 418 g/mol. The summed E-state index contributed by atoms with van der Waals surface area (Å²) < 4.78 is 21.1. The Morgan fingerprint density at radius 2 is 2.03 bits per heavy atom. The van der Waals surface area contributed by atoms with Gasteiger partial charge in [0.2, 0.25) is 5.95 Å². The normalized spacial score (nSPS) is 12.9. The van der Waals surface area contributed by atoms with E-state index >= 15 is 0 Å². The lowest BCUT2D eigenvalue weighted by Gasteiger charge is -2.15. The number of aromatic amines is 1. The molecule has 1 aromatic carbocycles. The van der Waals surface area contributed by atoms with Gasteiger partial charge in [0.1, 0.15) is 5.82 Å². The molecule has 0 bridgehead atoms. The summed E-state index contributed by atoms with van der Waals surface area (Å²) in [4.78, 5) is 30.8. The third kappa shape index (κ3) is 4.81. The maximum Gasteiger partial charge on any atom is 0.329 e. The summed E-state index contributed by atoms with van der Waals surface area (Å²) in [7, 11) is 1.47. The molecule has 3 rings (SSSR count). The van der Waals surface area contributed by atoms with Crippen molar-refractivity contribution in [1.29, 1.82) is 0 Å². The zero-order valence-electron chi connectivity index (χ0n) is 16.8. The summed E-state index contributed by atoms with van der Waals surface area (Å²) in [6.45, 7) is 3.73. The van der Waals surface area contributed by atoms with Gasteiger partial charge in [0.15, 0.2) is 11.2 Å². The Morgan fingerprint density at radius 1 is 1.33 bits per heavy atom. The van der Waals surface area contributed by atoms with Crippen molar-refractivity contribution < 1.29 is 14.2 Å². The molecule has 1 atom stereocenters. The second-order valence-electron chi connectivity index (χ2n) is 6.99. The number of nitrogens with one attached hydrogen (secondary N) is 2. The van der Waals surface area contributed by atoms with E-state index in [0.717, 1.165) is 0 Å². The lowest BCUT2D eigenvalue weighted by molar-refractivity contribution is -0.000105. The number of ether oxygens (including phenoxy) is 1. The van der Waals surface area contributed by atoms with Gasteiger partial charge in [0.05, 0.1) is 31.6 Å². The molecule has 0 fully saturated rings. The van der Waals surface area contributed by atoms with Crippen LogP contribution in [0, 0.1) is 5.82 Å². The molecule has 0 aliphatic carbocycles. The van der Waals surface area contributed by atoms with Crippen molar-refractivity contribution in [2.45, 2.75) is 32.6 Å². The van der Waals surface area contributed by atoms with Crippen molar-refractivity contribution in [1.82, 2.24) is 19.1 Å². The zero-order chi connectivity index (χ0) is 21.8. The monoisotopic (exact) mass is 418 g/mol. The summed E-state index contributed by atoms with van der Waals surface area (Å²) in [6.07, 6.45) is 0.453. The van der Waals surface area contributed by atoms with Crippen LogP contribution in [-0.2, 0) is 18.3 Å². The highest BCUT2D eigenvalue weighted by Gasteiger charge is 2.19. The van der Waals surface area contributed by atoms with Gasteiger partial charge < -0.3 is 14.4 Å². The molecule has 2 aromatic heterocycles. The lowest BCUT2D eigenvalue weighted by Crippen LogP contribution is -2.30. The summed E-state index contributed by atoms with van der Waals surface area (Å²) in [5.74, 6) is -0.210. The fourth-order valence-corrected chi connectivity index (χ4v) is 2.78. The number of hydrogen-bond donors (Lipinski definition) is 3.